The van der Waals surface area contributed by atoms with Crippen molar-refractivity contribution in [3.63, 3.8) is 0 Å². The molecule has 0 heterocycles. The van der Waals surface area contributed by atoms with Gasteiger partial charge in [-0.3, -0.25) is 4.79 Å². The van der Waals surface area contributed by atoms with Crippen LogP contribution in [0.2, 0.25) is 0 Å². The standard InChI is InChI=1S/C13H25NOS/c1-10(2)12(16)13(15)14-9-5-8-11-6-3-4-7-11/h10-12,16H,3-9H2,1-2H3,(H,14,15). The Labute approximate surface area is 105 Å². The summed E-state index contributed by atoms with van der Waals surface area (Å²) in [5, 5.41) is 2.81. The lowest BCUT2D eigenvalue weighted by atomic mass is 10.0. The molecule has 3 heteroatoms. The number of thiol groups is 1. The maximum absolute atomic E-state index is 11.6. The van der Waals surface area contributed by atoms with E-state index in [4.69, 9.17) is 0 Å². The maximum Gasteiger partial charge on any atom is 0.233 e. The van der Waals surface area contributed by atoms with Crippen molar-refractivity contribution in [2.24, 2.45) is 11.8 Å². The highest BCUT2D eigenvalue weighted by atomic mass is 32.1. The zero-order valence-corrected chi connectivity index (χ0v) is 11.4. The van der Waals surface area contributed by atoms with Gasteiger partial charge in [0.05, 0.1) is 5.25 Å². The molecule has 0 radical (unpaired) electrons. The summed E-state index contributed by atoms with van der Waals surface area (Å²) >= 11 is 4.30. The molecule has 1 atom stereocenters. The summed E-state index contributed by atoms with van der Waals surface area (Å²) in [6.45, 7) is 4.87. The first kappa shape index (κ1) is 13.9. The molecule has 0 aromatic carbocycles. The first-order chi connectivity index (χ1) is 7.61. The van der Waals surface area contributed by atoms with Crippen LogP contribution < -0.4 is 5.32 Å². The fourth-order valence-corrected chi connectivity index (χ4v) is 2.40. The molecule has 94 valence electrons. The summed E-state index contributed by atoms with van der Waals surface area (Å²) in [6.07, 6.45) is 8.00. The van der Waals surface area contributed by atoms with Gasteiger partial charge in [0.2, 0.25) is 5.91 Å². The molecule has 1 aliphatic rings. The lowest BCUT2D eigenvalue weighted by Crippen LogP contribution is -2.35. The SMILES string of the molecule is CC(C)C(S)C(=O)NCCCC1CCCC1. The quantitative estimate of drug-likeness (QED) is 0.545. The third-order valence-electron chi connectivity index (χ3n) is 3.46. The van der Waals surface area contributed by atoms with E-state index in [2.05, 4.69) is 17.9 Å². The van der Waals surface area contributed by atoms with Crippen LogP contribution in [0, 0.1) is 11.8 Å². The zero-order valence-electron chi connectivity index (χ0n) is 10.5. The average molecular weight is 243 g/mol. The van der Waals surface area contributed by atoms with Gasteiger partial charge >= 0.3 is 0 Å². The summed E-state index contributed by atoms with van der Waals surface area (Å²) < 4.78 is 0. The molecule has 1 unspecified atom stereocenters. The van der Waals surface area contributed by atoms with Crippen LogP contribution >= 0.6 is 12.6 Å². The Bertz CT molecular complexity index is 212. The summed E-state index contributed by atoms with van der Waals surface area (Å²) in [5.74, 6) is 1.32. The van der Waals surface area contributed by atoms with Gasteiger partial charge in [-0.05, 0) is 24.7 Å². The van der Waals surface area contributed by atoms with E-state index in [0.29, 0.717) is 5.92 Å². The van der Waals surface area contributed by atoms with Crippen LogP contribution in [-0.4, -0.2) is 17.7 Å². The second kappa shape index (κ2) is 7.21. The molecule has 0 aliphatic heterocycles. The minimum absolute atomic E-state index is 0.0877. The Hall–Kier alpha value is -0.180. The van der Waals surface area contributed by atoms with Crippen LogP contribution in [0.3, 0.4) is 0 Å². The van der Waals surface area contributed by atoms with E-state index in [1.807, 2.05) is 13.8 Å². The van der Waals surface area contributed by atoms with Gasteiger partial charge in [0, 0.05) is 6.54 Å². The van der Waals surface area contributed by atoms with Gasteiger partial charge in [0.15, 0.2) is 0 Å². The molecule has 1 rings (SSSR count). The topological polar surface area (TPSA) is 29.1 Å². The molecule has 1 N–H and O–H groups in total. The summed E-state index contributed by atoms with van der Waals surface area (Å²) in [6, 6.07) is 0. The van der Waals surface area contributed by atoms with Gasteiger partial charge in [-0.1, -0.05) is 39.5 Å². The number of hydrogen-bond acceptors (Lipinski definition) is 2. The fraction of sp³-hybridized carbons (Fsp3) is 0.923. The molecule has 16 heavy (non-hydrogen) atoms. The van der Waals surface area contributed by atoms with Crippen LogP contribution in [0.4, 0.5) is 0 Å². The maximum atomic E-state index is 11.6. The Balaban J connectivity index is 2.03. The zero-order chi connectivity index (χ0) is 12.0. The lowest BCUT2D eigenvalue weighted by Gasteiger charge is -2.15. The van der Waals surface area contributed by atoms with Crippen molar-refractivity contribution in [2.45, 2.75) is 57.6 Å². The number of carbonyl (C=O) groups excluding carboxylic acids is 1. The van der Waals surface area contributed by atoms with Gasteiger partial charge < -0.3 is 5.32 Å². The monoisotopic (exact) mass is 243 g/mol. The Morgan fingerprint density at radius 1 is 1.38 bits per heavy atom. The van der Waals surface area contributed by atoms with Crippen molar-refractivity contribution in [1.29, 1.82) is 0 Å². The van der Waals surface area contributed by atoms with Crippen molar-refractivity contribution in [3.8, 4) is 0 Å². The normalized spacial score (nSPS) is 19.0. The molecular weight excluding hydrogens is 218 g/mol. The first-order valence-electron chi connectivity index (χ1n) is 6.57. The van der Waals surface area contributed by atoms with Crippen LogP contribution in [-0.2, 0) is 4.79 Å². The van der Waals surface area contributed by atoms with Crippen LogP contribution in [0.5, 0.6) is 0 Å². The highest BCUT2D eigenvalue weighted by Crippen LogP contribution is 2.28. The molecule has 1 fully saturated rings. The molecule has 1 aliphatic carbocycles. The fourth-order valence-electron chi connectivity index (χ4n) is 2.31. The van der Waals surface area contributed by atoms with Crippen molar-refractivity contribution in [2.75, 3.05) is 6.54 Å². The molecule has 2 nitrogen and oxygen atoms in total. The van der Waals surface area contributed by atoms with Gasteiger partial charge in [0.25, 0.3) is 0 Å². The lowest BCUT2D eigenvalue weighted by molar-refractivity contribution is -0.121. The van der Waals surface area contributed by atoms with E-state index in [1.54, 1.807) is 0 Å². The van der Waals surface area contributed by atoms with Gasteiger partial charge in [-0.2, -0.15) is 12.6 Å². The molecule has 0 spiro atoms. The molecule has 1 amide bonds. The third kappa shape index (κ3) is 4.77. The minimum Gasteiger partial charge on any atom is -0.355 e. The predicted molar refractivity (Wildman–Crippen MR) is 71.8 cm³/mol. The summed E-state index contributed by atoms with van der Waals surface area (Å²) in [7, 11) is 0. The number of carbonyl (C=O) groups is 1. The number of nitrogens with one attached hydrogen (secondary N) is 1. The second-order valence-electron chi connectivity index (χ2n) is 5.27. The van der Waals surface area contributed by atoms with Crippen LogP contribution in [0.25, 0.3) is 0 Å². The van der Waals surface area contributed by atoms with Gasteiger partial charge in [0.1, 0.15) is 0 Å². The van der Waals surface area contributed by atoms with E-state index >= 15 is 0 Å². The molecule has 0 aromatic heterocycles. The van der Waals surface area contributed by atoms with Gasteiger partial charge in [-0.25, -0.2) is 0 Å². The van der Waals surface area contributed by atoms with Crippen LogP contribution in [0.1, 0.15) is 52.4 Å². The predicted octanol–water partition coefficient (Wildman–Crippen LogP) is 3.03. The molecule has 0 saturated heterocycles. The smallest absolute Gasteiger partial charge is 0.233 e. The van der Waals surface area contributed by atoms with E-state index < -0.39 is 0 Å². The molecular formula is C13H25NOS. The van der Waals surface area contributed by atoms with Crippen molar-refractivity contribution < 1.29 is 4.79 Å². The Morgan fingerprint density at radius 3 is 2.56 bits per heavy atom. The summed E-state index contributed by atoms with van der Waals surface area (Å²) in [4.78, 5) is 11.6. The number of rotatable bonds is 6. The highest BCUT2D eigenvalue weighted by Gasteiger charge is 2.17. The van der Waals surface area contributed by atoms with E-state index in [1.165, 1.54) is 32.1 Å². The van der Waals surface area contributed by atoms with E-state index in [-0.39, 0.29) is 11.2 Å². The Kier molecular flexibility index (Phi) is 6.25. The molecule has 0 aromatic rings. The first-order valence-corrected chi connectivity index (χ1v) is 7.08. The van der Waals surface area contributed by atoms with Crippen molar-refractivity contribution >= 4 is 18.5 Å². The average Bonchev–Trinajstić information content (AvgIpc) is 2.75. The Morgan fingerprint density at radius 2 is 2.00 bits per heavy atom. The molecule has 0 bridgehead atoms. The van der Waals surface area contributed by atoms with Crippen molar-refractivity contribution in [1.82, 2.24) is 5.32 Å². The largest absolute Gasteiger partial charge is 0.355 e. The number of hydrogen-bond donors (Lipinski definition) is 2. The number of amides is 1. The van der Waals surface area contributed by atoms with Crippen LogP contribution in [0.15, 0.2) is 0 Å². The molecule has 1 saturated carbocycles. The van der Waals surface area contributed by atoms with Gasteiger partial charge in [-0.15, -0.1) is 0 Å². The summed E-state index contributed by atoms with van der Waals surface area (Å²) in [5.41, 5.74) is 0. The minimum atomic E-state index is -0.161. The second-order valence-corrected chi connectivity index (χ2v) is 5.83. The third-order valence-corrected chi connectivity index (χ3v) is 4.29. The highest BCUT2D eigenvalue weighted by molar-refractivity contribution is 7.81. The van der Waals surface area contributed by atoms with E-state index in [9.17, 15) is 4.79 Å². The van der Waals surface area contributed by atoms with Crippen molar-refractivity contribution in [3.05, 3.63) is 0 Å². The van der Waals surface area contributed by atoms with E-state index in [0.717, 1.165) is 18.9 Å².